The Labute approximate surface area is 185 Å². The van der Waals surface area contributed by atoms with Gasteiger partial charge in [0.1, 0.15) is 6.10 Å². The lowest BCUT2D eigenvalue weighted by Gasteiger charge is -2.04. The highest BCUT2D eigenvalue weighted by Gasteiger charge is 2.05. The van der Waals surface area contributed by atoms with E-state index < -0.39 is 18.0 Å². The molecular formula is C27H44O3. The molecule has 0 radical (unpaired) electrons. The summed E-state index contributed by atoms with van der Waals surface area (Å²) in [5.74, 6) is 9.40. The number of aliphatic hydroxyl groups is 1. The first-order chi connectivity index (χ1) is 14.6. The minimum absolute atomic E-state index is 0.0696. The number of aliphatic carboxylic acids is 1. The van der Waals surface area contributed by atoms with Crippen molar-refractivity contribution in [2.75, 3.05) is 0 Å². The Morgan fingerprint density at radius 1 is 0.800 bits per heavy atom. The summed E-state index contributed by atoms with van der Waals surface area (Å²) in [6, 6.07) is 0. The molecule has 0 saturated heterocycles. The van der Waals surface area contributed by atoms with Gasteiger partial charge in [0.2, 0.25) is 0 Å². The van der Waals surface area contributed by atoms with Crippen molar-refractivity contribution < 1.29 is 15.0 Å². The van der Waals surface area contributed by atoms with Crippen molar-refractivity contribution in [2.24, 2.45) is 5.92 Å². The van der Waals surface area contributed by atoms with Crippen LogP contribution in [0.5, 0.6) is 0 Å². The van der Waals surface area contributed by atoms with Gasteiger partial charge in [0, 0.05) is 5.92 Å². The molecule has 3 nitrogen and oxygen atoms in total. The van der Waals surface area contributed by atoms with Crippen LogP contribution in [0.3, 0.4) is 0 Å². The van der Waals surface area contributed by atoms with E-state index in [0.29, 0.717) is 6.42 Å². The van der Waals surface area contributed by atoms with Crippen LogP contribution in [-0.2, 0) is 4.79 Å². The molecule has 0 rings (SSSR count). The molecule has 0 aliphatic rings. The van der Waals surface area contributed by atoms with Crippen LogP contribution in [0.15, 0.2) is 12.7 Å². The standard InChI is InChI=1S/C27H44O3/c1-3-5-6-7-8-9-10-11-12-13-14-15-16-17-18-22-26(28)23-20-19-21-25(4-2)24-27(29)30/h4,25-26,28H,2-3,5-18,22,24H2,1H3,(H,29,30). The average Bonchev–Trinajstić information content (AvgIpc) is 2.72. The van der Waals surface area contributed by atoms with Gasteiger partial charge in [-0.15, -0.1) is 6.58 Å². The molecule has 0 spiro atoms. The number of hydrogen-bond donors (Lipinski definition) is 2. The number of hydrogen-bond acceptors (Lipinski definition) is 2. The van der Waals surface area contributed by atoms with Crippen molar-refractivity contribution in [3.8, 4) is 23.7 Å². The lowest BCUT2D eigenvalue weighted by Crippen LogP contribution is -2.03. The van der Waals surface area contributed by atoms with Gasteiger partial charge in [-0.1, -0.05) is 115 Å². The molecule has 2 unspecified atom stereocenters. The Bertz CT molecular complexity index is 544. The highest BCUT2D eigenvalue weighted by Crippen LogP contribution is 2.14. The number of aliphatic hydroxyl groups excluding tert-OH is 1. The van der Waals surface area contributed by atoms with Crippen molar-refractivity contribution in [3.05, 3.63) is 12.7 Å². The Balaban J connectivity index is 3.51. The molecule has 2 atom stereocenters. The van der Waals surface area contributed by atoms with Crippen LogP contribution < -0.4 is 0 Å². The van der Waals surface area contributed by atoms with E-state index in [2.05, 4.69) is 37.2 Å². The Morgan fingerprint density at radius 3 is 1.67 bits per heavy atom. The summed E-state index contributed by atoms with van der Waals surface area (Å²) in [7, 11) is 0. The predicted octanol–water partition coefficient (Wildman–Crippen LogP) is 6.89. The molecule has 2 N–H and O–H groups in total. The van der Waals surface area contributed by atoms with E-state index in [4.69, 9.17) is 5.11 Å². The maximum atomic E-state index is 10.6. The van der Waals surface area contributed by atoms with E-state index in [1.165, 1.54) is 89.5 Å². The van der Waals surface area contributed by atoms with Crippen molar-refractivity contribution in [1.29, 1.82) is 0 Å². The molecule has 0 aromatic carbocycles. The summed E-state index contributed by atoms with van der Waals surface area (Å²) in [6.45, 7) is 5.84. The average molecular weight is 417 g/mol. The van der Waals surface area contributed by atoms with Crippen LogP contribution in [0.2, 0.25) is 0 Å². The van der Waals surface area contributed by atoms with E-state index in [1.807, 2.05) is 0 Å². The maximum absolute atomic E-state index is 10.6. The number of carboxylic acids is 1. The second-order valence-electron chi connectivity index (χ2n) is 8.23. The van der Waals surface area contributed by atoms with Crippen LogP contribution in [0, 0.1) is 29.6 Å². The topological polar surface area (TPSA) is 57.5 Å². The molecule has 3 heteroatoms. The molecular weight excluding hydrogens is 372 g/mol. The third-order valence-corrected chi connectivity index (χ3v) is 5.32. The fraction of sp³-hybridized carbons (Fsp3) is 0.741. The molecule has 0 aliphatic heterocycles. The van der Waals surface area contributed by atoms with Gasteiger partial charge in [-0.25, -0.2) is 0 Å². The summed E-state index contributed by atoms with van der Waals surface area (Å²) in [6.07, 6.45) is 21.4. The molecule has 0 aliphatic carbocycles. The Kier molecular flexibility index (Phi) is 20.7. The number of rotatable bonds is 19. The molecule has 0 aromatic rings. The van der Waals surface area contributed by atoms with E-state index in [1.54, 1.807) is 0 Å². The lowest BCUT2D eigenvalue weighted by molar-refractivity contribution is -0.137. The second kappa shape index (κ2) is 22.0. The zero-order valence-corrected chi connectivity index (χ0v) is 19.3. The Morgan fingerprint density at radius 2 is 1.23 bits per heavy atom. The van der Waals surface area contributed by atoms with E-state index in [-0.39, 0.29) is 6.42 Å². The van der Waals surface area contributed by atoms with Gasteiger partial charge in [0.05, 0.1) is 6.42 Å². The number of carboxylic acid groups (broad SMARTS) is 1. The van der Waals surface area contributed by atoms with Gasteiger partial charge >= 0.3 is 5.97 Å². The largest absolute Gasteiger partial charge is 0.481 e. The molecule has 0 amide bonds. The minimum atomic E-state index is -0.907. The van der Waals surface area contributed by atoms with Crippen molar-refractivity contribution in [3.63, 3.8) is 0 Å². The first kappa shape index (κ1) is 28.3. The number of carbonyl (C=O) groups is 1. The fourth-order valence-corrected chi connectivity index (χ4v) is 3.41. The third-order valence-electron chi connectivity index (χ3n) is 5.32. The van der Waals surface area contributed by atoms with Gasteiger partial charge in [0.25, 0.3) is 0 Å². The minimum Gasteiger partial charge on any atom is -0.481 e. The highest BCUT2D eigenvalue weighted by atomic mass is 16.4. The molecule has 30 heavy (non-hydrogen) atoms. The van der Waals surface area contributed by atoms with Crippen molar-refractivity contribution >= 4 is 5.97 Å². The zero-order chi connectivity index (χ0) is 22.3. The van der Waals surface area contributed by atoms with Gasteiger partial charge < -0.3 is 10.2 Å². The molecule has 0 bridgehead atoms. The van der Waals surface area contributed by atoms with Crippen molar-refractivity contribution in [1.82, 2.24) is 0 Å². The lowest BCUT2D eigenvalue weighted by atomic mass is 10.0. The first-order valence-corrected chi connectivity index (χ1v) is 12.1. The van der Waals surface area contributed by atoms with Crippen LogP contribution in [0.4, 0.5) is 0 Å². The maximum Gasteiger partial charge on any atom is 0.304 e. The third kappa shape index (κ3) is 21.0. The van der Waals surface area contributed by atoms with Gasteiger partial charge in [-0.2, -0.15) is 0 Å². The summed E-state index contributed by atoms with van der Waals surface area (Å²) < 4.78 is 0. The van der Waals surface area contributed by atoms with Crippen LogP contribution in [0.1, 0.15) is 116 Å². The van der Waals surface area contributed by atoms with Crippen LogP contribution in [-0.4, -0.2) is 22.3 Å². The normalized spacial score (nSPS) is 12.2. The fourth-order valence-electron chi connectivity index (χ4n) is 3.41. The van der Waals surface area contributed by atoms with E-state index >= 15 is 0 Å². The van der Waals surface area contributed by atoms with E-state index in [0.717, 1.165) is 12.8 Å². The monoisotopic (exact) mass is 416 g/mol. The summed E-state index contributed by atoms with van der Waals surface area (Å²) in [4.78, 5) is 10.6. The Hall–Kier alpha value is -1.71. The molecule has 170 valence electrons. The van der Waals surface area contributed by atoms with Crippen LogP contribution in [0.25, 0.3) is 0 Å². The smallest absolute Gasteiger partial charge is 0.304 e. The highest BCUT2D eigenvalue weighted by molar-refractivity contribution is 5.68. The summed E-state index contributed by atoms with van der Waals surface area (Å²) >= 11 is 0. The zero-order valence-electron chi connectivity index (χ0n) is 19.3. The molecule has 0 aromatic heterocycles. The predicted molar refractivity (Wildman–Crippen MR) is 127 cm³/mol. The number of allylic oxidation sites excluding steroid dienone is 1. The van der Waals surface area contributed by atoms with Crippen molar-refractivity contribution in [2.45, 2.75) is 122 Å². The van der Waals surface area contributed by atoms with Gasteiger partial charge in [-0.05, 0) is 24.7 Å². The van der Waals surface area contributed by atoms with Crippen LogP contribution >= 0.6 is 0 Å². The van der Waals surface area contributed by atoms with Gasteiger partial charge in [-0.3, -0.25) is 4.79 Å². The second-order valence-corrected chi connectivity index (χ2v) is 8.23. The summed E-state index contributed by atoms with van der Waals surface area (Å²) in [5, 5.41) is 18.6. The molecule has 0 saturated carbocycles. The summed E-state index contributed by atoms with van der Waals surface area (Å²) in [5.41, 5.74) is 0. The molecule has 0 heterocycles. The van der Waals surface area contributed by atoms with E-state index in [9.17, 15) is 9.90 Å². The molecule has 0 fully saturated rings. The SMILES string of the molecule is C=CC(C#CC#CC(O)CCCCCCCCCCCCCCCCC)CC(=O)O. The first-order valence-electron chi connectivity index (χ1n) is 12.1. The number of unbranched alkanes of at least 4 members (excludes halogenated alkanes) is 14. The van der Waals surface area contributed by atoms with Gasteiger partial charge in [0.15, 0.2) is 0 Å². The quantitative estimate of drug-likeness (QED) is 0.137.